The zero-order valence-corrected chi connectivity index (χ0v) is 60.4. The monoisotopic (exact) mass is 1450 g/mol. The lowest BCUT2D eigenvalue weighted by molar-refractivity contribution is -0.118. The van der Waals surface area contributed by atoms with E-state index in [1.165, 1.54) is 58.4 Å². The number of hydrogen-bond acceptors (Lipinski definition) is 16. The fraction of sp³-hybridized carbons (Fsp3) is 0.299. The molecule has 12 rings (SSSR count). The van der Waals surface area contributed by atoms with Gasteiger partial charge in [-0.3, -0.25) is 9.59 Å². The summed E-state index contributed by atoms with van der Waals surface area (Å²) in [6.45, 7) is 16.1. The standard InChI is InChI=1S/C23H25NO4.C22H25NO4.C22H23NO4.C20H21NO4/c1-3-12-27-14-17(13-16(2)25)24-23(26)28-15-22-20-10-6-4-8-18(20)19-9-5-7-11-21(19)22;2*1-2-13-26-14-16(11-12-24)23-22(25)27-15-21-19-9-5-3-7-17(19)18-8-4-6-10-20(18)21;1-13(23)10-14(11-22)21-20(24)25-12-19-17-8-4-2-6-15(17)16-7-3-5-9-18(16)19/h3-11,17,22H,1,12-15H2,2H3,(H,24,26);2-10,16,21,24H,1,11-15H2,(H,23,25);2-10,12,16,21H,1,11,13-15H2,(H,23,25);2-9,14,19,22H,10-12H2,1H3,(H,21,24). The van der Waals surface area contributed by atoms with Gasteiger partial charge in [0.25, 0.3) is 0 Å². The third-order valence-corrected chi connectivity index (χ3v) is 18.5. The van der Waals surface area contributed by atoms with Gasteiger partial charge in [-0.15, -0.1) is 19.7 Å². The maximum absolute atomic E-state index is 12.3. The van der Waals surface area contributed by atoms with Gasteiger partial charge in [0.15, 0.2) is 0 Å². The highest BCUT2D eigenvalue weighted by atomic mass is 16.6. The Balaban J connectivity index is 0.000000165. The summed E-state index contributed by atoms with van der Waals surface area (Å²) in [7, 11) is 0. The van der Waals surface area contributed by atoms with Crippen LogP contribution < -0.4 is 21.3 Å². The quantitative estimate of drug-likeness (QED) is 0.00965. The van der Waals surface area contributed by atoms with Crippen LogP contribution >= 0.6 is 0 Å². The first-order valence-corrected chi connectivity index (χ1v) is 35.8. The number of fused-ring (bicyclic) bond motifs is 12. The maximum atomic E-state index is 12.3. The van der Waals surface area contributed by atoms with E-state index in [4.69, 9.17) is 38.3 Å². The molecule has 0 saturated carbocycles. The number of ether oxygens (including phenoxy) is 7. The third-order valence-electron chi connectivity index (χ3n) is 18.5. The number of alkyl carbamates (subject to hydrolysis) is 4. The molecule has 8 aromatic carbocycles. The van der Waals surface area contributed by atoms with Crippen molar-refractivity contribution in [3.63, 3.8) is 0 Å². The van der Waals surface area contributed by atoms with E-state index < -0.39 is 42.5 Å². The van der Waals surface area contributed by atoms with E-state index in [0.29, 0.717) is 32.8 Å². The predicted octanol–water partition coefficient (Wildman–Crippen LogP) is 14.1. The Morgan fingerprint density at radius 2 is 0.598 bits per heavy atom. The summed E-state index contributed by atoms with van der Waals surface area (Å²) < 4.78 is 38.0. The van der Waals surface area contributed by atoms with E-state index in [1.807, 2.05) is 109 Å². The van der Waals surface area contributed by atoms with Crippen molar-refractivity contribution in [1.29, 1.82) is 0 Å². The fourth-order valence-corrected chi connectivity index (χ4v) is 13.8. The normalized spacial score (nSPS) is 13.5. The zero-order valence-electron chi connectivity index (χ0n) is 60.4. The minimum atomic E-state index is -0.623. The average molecular weight is 1450 g/mol. The van der Waals surface area contributed by atoms with E-state index in [2.05, 4.69) is 126 Å². The SMILES string of the molecule is C=CCOCC(CC(C)=O)NC(=O)OCC1c2ccccc2-c2ccccc21.C=CCOCC(CC=O)NC(=O)OCC1c2ccccc2-c2ccccc21.C=CCOCC(CCO)NC(=O)OCC1c2ccccc2-c2ccccc21.CC(=O)CC(CO)NC(=O)OCC1c2ccccc2-c2ccccc21. The Bertz CT molecular complexity index is 4160. The summed E-state index contributed by atoms with van der Waals surface area (Å²) in [5, 5.41) is 29.1. The number of aliphatic hydroxyl groups is 2. The van der Waals surface area contributed by atoms with Gasteiger partial charge in [-0.25, -0.2) is 19.2 Å². The van der Waals surface area contributed by atoms with Crippen LogP contribution in [0.2, 0.25) is 0 Å². The van der Waals surface area contributed by atoms with Crippen molar-refractivity contribution >= 4 is 42.2 Å². The number of carbonyl (C=O) groups excluding carboxylic acids is 7. The molecule has 6 N–H and O–H groups in total. The number of nitrogens with one attached hydrogen (secondary N) is 4. The predicted molar refractivity (Wildman–Crippen MR) is 411 cm³/mol. The Hall–Kier alpha value is -11.1. The van der Waals surface area contributed by atoms with Crippen LogP contribution in [-0.4, -0.2) is 156 Å². The van der Waals surface area contributed by atoms with E-state index in [1.54, 1.807) is 18.2 Å². The van der Waals surface area contributed by atoms with Crippen LogP contribution in [0.3, 0.4) is 0 Å². The molecule has 4 amide bonds. The lowest BCUT2D eigenvalue weighted by Crippen LogP contribution is -2.40. The van der Waals surface area contributed by atoms with E-state index in [9.17, 15) is 38.7 Å². The second-order valence-corrected chi connectivity index (χ2v) is 26.1. The topological polar surface area (TPSA) is 273 Å². The van der Waals surface area contributed by atoms with Crippen molar-refractivity contribution in [2.75, 3.05) is 79.3 Å². The van der Waals surface area contributed by atoms with Gasteiger partial charge in [-0.05, 0) is 109 Å². The molecule has 4 atom stereocenters. The van der Waals surface area contributed by atoms with Crippen LogP contribution in [0, 0.1) is 0 Å². The molecule has 0 radical (unpaired) electrons. The van der Waals surface area contributed by atoms with Crippen molar-refractivity contribution in [2.24, 2.45) is 0 Å². The Morgan fingerprint density at radius 3 is 0.850 bits per heavy atom. The number of benzene rings is 8. The summed E-state index contributed by atoms with van der Waals surface area (Å²) >= 11 is 0. The molecule has 4 aliphatic carbocycles. The van der Waals surface area contributed by atoms with Gasteiger partial charge in [-0.2, -0.15) is 0 Å². The number of rotatable bonds is 33. The lowest BCUT2D eigenvalue weighted by atomic mass is 9.98. The van der Waals surface area contributed by atoms with Gasteiger partial charge in [-0.1, -0.05) is 212 Å². The van der Waals surface area contributed by atoms with Gasteiger partial charge in [0.1, 0.15) is 44.3 Å². The number of aldehydes is 1. The average Bonchev–Trinajstić information content (AvgIpc) is 1.64. The van der Waals surface area contributed by atoms with Gasteiger partial charge in [0.2, 0.25) is 0 Å². The molecule has 4 aliphatic rings. The highest BCUT2D eigenvalue weighted by molar-refractivity contribution is 5.83. The molecule has 0 heterocycles. The molecular formula is C87H94N4O16. The molecule has 20 heteroatoms. The third kappa shape index (κ3) is 22.2. The summed E-state index contributed by atoms with van der Waals surface area (Å²) in [5.41, 5.74) is 18.7. The number of aliphatic hydroxyl groups excluding tert-OH is 2. The van der Waals surface area contributed by atoms with Crippen molar-refractivity contribution in [3.05, 3.63) is 277 Å². The van der Waals surface area contributed by atoms with Crippen molar-refractivity contribution in [2.45, 2.75) is 87.4 Å². The Labute approximate surface area is 625 Å². The second-order valence-electron chi connectivity index (χ2n) is 26.1. The number of carbonyl (C=O) groups is 7. The van der Waals surface area contributed by atoms with Crippen LogP contribution in [0.25, 0.3) is 44.5 Å². The van der Waals surface area contributed by atoms with Crippen molar-refractivity contribution in [1.82, 2.24) is 21.3 Å². The van der Waals surface area contributed by atoms with Gasteiger partial charge in [0.05, 0.1) is 70.4 Å². The molecule has 0 saturated heterocycles. The minimum absolute atomic E-state index is 0.00132. The summed E-state index contributed by atoms with van der Waals surface area (Å²) in [6, 6.07) is 63.5. The van der Waals surface area contributed by atoms with Gasteiger partial charge >= 0.3 is 24.4 Å². The zero-order chi connectivity index (χ0) is 75.9. The summed E-state index contributed by atoms with van der Waals surface area (Å²) in [4.78, 5) is 82.2. The summed E-state index contributed by atoms with van der Waals surface area (Å²) in [5.74, 6) is -0.106. The fourth-order valence-electron chi connectivity index (χ4n) is 13.8. The van der Waals surface area contributed by atoms with Gasteiger partial charge in [0, 0.05) is 49.5 Å². The van der Waals surface area contributed by atoms with Crippen LogP contribution in [0.15, 0.2) is 232 Å². The molecule has 558 valence electrons. The number of amides is 4. The first-order chi connectivity index (χ1) is 52.2. The van der Waals surface area contributed by atoms with Crippen LogP contribution in [0.5, 0.6) is 0 Å². The summed E-state index contributed by atoms with van der Waals surface area (Å²) in [6.07, 6.45) is 4.27. The smallest absolute Gasteiger partial charge is 0.407 e. The lowest BCUT2D eigenvalue weighted by Gasteiger charge is -2.19. The van der Waals surface area contributed by atoms with E-state index in [-0.39, 0.29) is 113 Å². The van der Waals surface area contributed by atoms with Crippen molar-refractivity contribution in [3.8, 4) is 44.5 Å². The van der Waals surface area contributed by atoms with E-state index >= 15 is 0 Å². The highest BCUT2D eigenvalue weighted by Crippen LogP contribution is 2.48. The van der Waals surface area contributed by atoms with Crippen LogP contribution in [0.4, 0.5) is 19.2 Å². The minimum Gasteiger partial charge on any atom is -0.449 e. The molecule has 0 fully saturated rings. The molecule has 0 bridgehead atoms. The molecule has 107 heavy (non-hydrogen) atoms. The molecular weight excluding hydrogens is 1360 g/mol. The van der Waals surface area contributed by atoms with E-state index in [0.717, 1.165) is 50.8 Å². The first-order valence-electron chi connectivity index (χ1n) is 35.8. The number of hydrogen-bond donors (Lipinski definition) is 6. The van der Waals surface area contributed by atoms with Crippen molar-refractivity contribution < 1.29 is 76.9 Å². The second kappa shape index (κ2) is 41.5. The molecule has 0 spiro atoms. The molecule has 0 aliphatic heterocycles. The molecule has 20 nitrogen and oxygen atoms in total. The maximum Gasteiger partial charge on any atom is 0.407 e. The Morgan fingerprint density at radius 1 is 0.364 bits per heavy atom. The molecule has 4 unspecified atom stereocenters. The van der Waals surface area contributed by atoms with Crippen LogP contribution in [-0.2, 0) is 47.5 Å². The molecule has 0 aromatic heterocycles. The van der Waals surface area contributed by atoms with Gasteiger partial charge < -0.3 is 69.4 Å². The molecule has 8 aromatic rings. The Kier molecular flexibility index (Phi) is 31.0. The first kappa shape index (κ1) is 80.0. The highest BCUT2D eigenvalue weighted by Gasteiger charge is 2.34. The number of ketones is 2. The largest absolute Gasteiger partial charge is 0.449 e. The number of Topliss-reactive ketones (excluding diaryl/α,β-unsaturated/α-hetero) is 2. The van der Waals surface area contributed by atoms with Crippen LogP contribution in [0.1, 0.15) is 108 Å².